The minimum absolute atomic E-state index is 0.0400. The second kappa shape index (κ2) is 12.0. The summed E-state index contributed by atoms with van der Waals surface area (Å²) >= 11 is 0. The number of urea groups is 1. The Balaban J connectivity index is 1.33. The monoisotopic (exact) mass is 408 g/mol. The van der Waals surface area contributed by atoms with E-state index in [0.717, 1.165) is 12.1 Å². The molecule has 1 aliphatic heterocycles. The predicted octanol–water partition coefficient (Wildman–Crippen LogP) is 4.06. The summed E-state index contributed by atoms with van der Waals surface area (Å²) in [6.07, 6.45) is 9.49. The van der Waals surface area contributed by atoms with Crippen LogP contribution in [-0.4, -0.2) is 42.2 Å². The Hall–Kier alpha value is -2.86. The molecule has 0 bridgehead atoms. The van der Waals surface area contributed by atoms with E-state index in [9.17, 15) is 4.79 Å². The molecule has 30 heavy (non-hydrogen) atoms. The van der Waals surface area contributed by atoms with E-state index < -0.39 is 0 Å². The lowest BCUT2D eigenvalue weighted by Crippen LogP contribution is -2.37. The molecule has 1 saturated heterocycles. The zero-order chi connectivity index (χ0) is 21.0. The van der Waals surface area contributed by atoms with Crippen LogP contribution < -0.4 is 15.4 Å². The standard InChI is InChI=1S/C24H32N4O2/c1-20(22-10-4-2-5-11-22)27-24(29)26-13-6-9-17-30-23-18-21(12-14-25-23)19-28-15-7-3-8-16-28/h2,4-6,9-12,14,18,20H,3,7-8,13,15-17,19H2,1H3,(H2,26,27,29). The highest BCUT2D eigenvalue weighted by atomic mass is 16.5. The molecular formula is C24H32N4O2. The van der Waals surface area contributed by atoms with Crippen molar-refractivity contribution in [2.75, 3.05) is 26.2 Å². The number of likely N-dealkylation sites (tertiary alicyclic amines) is 1. The van der Waals surface area contributed by atoms with Gasteiger partial charge in [0.2, 0.25) is 5.88 Å². The molecule has 1 fully saturated rings. The van der Waals surface area contributed by atoms with Gasteiger partial charge in [0.1, 0.15) is 6.61 Å². The molecule has 1 unspecified atom stereocenters. The second-order valence-corrected chi connectivity index (χ2v) is 7.61. The van der Waals surface area contributed by atoms with Crippen molar-refractivity contribution in [3.05, 3.63) is 71.9 Å². The SMILES string of the molecule is CC(NC(=O)NCC=CCOc1cc(CN2CCCCC2)ccn1)c1ccccc1. The highest BCUT2D eigenvalue weighted by molar-refractivity contribution is 5.74. The number of hydrogen-bond donors (Lipinski definition) is 2. The third-order valence-corrected chi connectivity index (χ3v) is 5.18. The summed E-state index contributed by atoms with van der Waals surface area (Å²) in [4.78, 5) is 18.8. The average molecular weight is 409 g/mol. The molecule has 2 heterocycles. The van der Waals surface area contributed by atoms with Crippen LogP contribution in [0, 0.1) is 0 Å². The van der Waals surface area contributed by atoms with Gasteiger partial charge in [0.25, 0.3) is 0 Å². The number of carbonyl (C=O) groups is 1. The minimum Gasteiger partial charge on any atom is -0.473 e. The van der Waals surface area contributed by atoms with Gasteiger partial charge in [-0.05, 0) is 56.1 Å². The van der Waals surface area contributed by atoms with Crippen LogP contribution in [0.1, 0.15) is 43.4 Å². The van der Waals surface area contributed by atoms with Gasteiger partial charge >= 0.3 is 6.03 Å². The van der Waals surface area contributed by atoms with Gasteiger partial charge in [-0.25, -0.2) is 9.78 Å². The summed E-state index contributed by atoms with van der Waals surface area (Å²) in [6.45, 7) is 6.13. The number of benzene rings is 1. The lowest BCUT2D eigenvalue weighted by Gasteiger charge is -2.26. The summed E-state index contributed by atoms with van der Waals surface area (Å²) in [7, 11) is 0. The normalized spacial score (nSPS) is 15.6. The van der Waals surface area contributed by atoms with Gasteiger partial charge in [-0.1, -0.05) is 42.8 Å². The maximum absolute atomic E-state index is 12.0. The molecule has 6 heteroatoms. The van der Waals surface area contributed by atoms with Crippen LogP contribution in [-0.2, 0) is 6.54 Å². The quantitative estimate of drug-likeness (QED) is 0.614. The zero-order valence-electron chi connectivity index (χ0n) is 17.7. The number of amides is 2. The lowest BCUT2D eigenvalue weighted by atomic mass is 10.1. The third-order valence-electron chi connectivity index (χ3n) is 5.18. The maximum Gasteiger partial charge on any atom is 0.315 e. The topological polar surface area (TPSA) is 66.5 Å². The van der Waals surface area contributed by atoms with Crippen molar-refractivity contribution in [2.45, 2.75) is 38.8 Å². The number of nitrogens with one attached hydrogen (secondary N) is 2. The summed E-state index contributed by atoms with van der Waals surface area (Å²) in [6, 6.07) is 13.7. The zero-order valence-corrected chi connectivity index (χ0v) is 17.7. The molecule has 2 amide bonds. The Kier molecular flexibility index (Phi) is 8.72. The summed E-state index contributed by atoms with van der Waals surface area (Å²) in [5.41, 5.74) is 2.31. The summed E-state index contributed by atoms with van der Waals surface area (Å²) in [5, 5.41) is 5.75. The highest BCUT2D eigenvalue weighted by Gasteiger charge is 2.11. The number of pyridine rings is 1. The molecule has 3 rings (SSSR count). The first-order valence-electron chi connectivity index (χ1n) is 10.7. The van der Waals surface area contributed by atoms with Crippen LogP contribution in [0.5, 0.6) is 5.88 Å². The molecule has 1 aliphatic rings. The Morgan fingerprint density at radius 3 is 2.77 bits per heavy atom. The largest absolute Gasteiger partial charge is 0.473 e. The lowest BCUT2D eigenvalue weighted by molar-refractivity contribution is 0.220. The fourth-order valence-electron chi connectivity index (χ4n) is 3.51. The number of piperidine rings is 1. The van der Waals surface area contributed by atoms with E-state index in [4.69, 9.17) is 4.74 Å². The number of hydrogen-bond acceptors (Lipinski definition) is 4. The average Bonchev–Trinajstić information content (AvgIpc) is 2.78. The van der Waals surface area contributed by atoms with E-state index in [1.54, 1.807) is 6.20 Å². The van der Waals surface area contributed by atoms with Crippen molar-refractivity contribution < 1.29 is 9.53 Å². The highest BCUT2D eigenvalue weighted by Crippen LogP contribution is 2.15. The van der Waals surface area contributed by atoms with Gasteiger partial charge < -0.3 is 15.4 Å². The molecule has 0 radical (unpaired) electrons. The van der Waals surface area contributed by atoms with Crippen molar-refractivity contribution in [1.29, 1.82) is 0 Å². The first-order chi connectivity index (χ1) is 14.7. The molecule has 2 N–H and O–H groups in total. The van der Waals surface area contributed by atoms with E-state index in [0.29, 0.717) is 19.0 Å². The van der Waals surface area contributed by atoms with Crippen LogP contribution in [0.25, 0.3) is 0 Å². The van der Waals surface area contributed by atoms with Crippen LogP contribution in [0.4, 0.5) is 4.79 Å². The first kappa shape index (κ1) is 21.8. The van der Waals surface area contributed by atoms with Crippen molar-refractivity contribution >= 4 is 6.03 Å². The smallest absolute Gasteiger partial charge is 0.315 e. The van der Waals surface area contributed by atoms with Crippen molar-refractivity contribution in [3.8, 4) is 5.88 Å². The number of aromatic nitrogens is 1. The predicted molar refractivity (Wildman–Crippen MR) is 119 cm³/mol. The molecule has 160 valence electrons. The van der Waals surface area contributed by atoms with Gasteiger partial charge in [-0.15, -0.1) is 0 Å². The number of nitrogens with zero attached hydrogens (tertiary/aromatic N) is 2. The van der Waals surface area contributed by atoms with Gasteiger partial charge in [0, 0.05) is 25.4 Å². The second-order valence-electron chi connectivity index (χ2n) is 7.61. The van der Waals surface area contributed by atoms with Gasteiger partial charge in [-0.2, -0.15) is 0 Å². The van der Waals surface area contributed by atoms with Gasteiger partial charge in [-0.3, -0.25) is 4.90 Å². The Bertz CT molecular complexity index is 804. The fourth-order valence-corrected chi connectivity index (χ4v) is 3.51. The maximum atomic E-state index is 12.0. The van der Waals surface area contributed by atoms with Crippen molar-refractivity contribution in [2.24, 2.45) is 0 Å². The van der Waals surface area contributed by atoms with E-state index in [2.05, 4.69) is 26.6 Å². The Morgan fingerprint density at radius 1 is 1.17 bits per heavy atom. The van der Waals surface area contributed by atoms with E-state index in [-0.39, 0.29) is 12.1 Å². The molecule has 2 aromatic rings. The van der Waals surface area contributed by atoms with Crippen molar-refractivity contribution in [3.63, 3.8) is 0 Å². The molecule has 0 aliphatic carbocycles. The Morgan fingerprint density at radius 2 is 1.97 bits per heavy atom. The number of rotatable bonds is 9. The van der Waals surface area contributed by atoms with Crippen LogP contribution in [0.2, 0.25) is 0 Å². The third kappa shape index (κ3) is 7.52. The molecule has 0 saturated carbocycles. The number of carbonyl (C=O) groups excluding carboxylic acids is 1. The summed E-state index contributed by atoms with van der Waals surface area (Å²) < 4.78 is 5.72. The van der Waals surface area contributed by atoms with Crippen LogP contribution >= 0.6 is 0 Å². The van der Waals surface area contributed by atoms with E-state index in [1.165, 1.54) is 37.9 Å². The van der Waals surface area contributed by atoms with Crippen molar-refractivity contribution in [1.82, 2.24) is 20.5 Å². The summed E-state index contributed by atoms with van der Waals surface area (Å²) in [5.74, 6) is 0.636. The molecule has 1 atom stereocenters. The van der Waals surface area contributed by atoms with E-state index >= 15 is 0 Å². The Labute approximate surface area is 179 Å². The fraction of sp³-hybridized carbons (Fsp3) is 0.417. The van der Waals surface area contributed by atoms with Crippen LogP contribution in [0.15, 0.2) is 60.8 Å². The van der Waals surface area contributed by atoms with Gasteiger partial charge in [0.15, 0.2) is 0 Å². The molecule has 1 aromatic carbocycles. The molecular weight excluding hydrogens is 376 g/mol. The van der Waals surface area contributed by atoms with Gasteiger partial charge in [0.05, 0.1) is 6.04 Å². The van der Waals surface area contributed by atoms with E-state index in [1.807, 2.05) is 55.5 Å². The molecule has 1 aromatic heterocycles. The minimum atomic E-state index is -0.191. The first-order valence-corrected chi connectivity index (χ1v) is 10.7. The molecule has 0 spiro atoms. The molecule has 6 nitrogen and oxygen atoms in total. The number of ether oxygens (including phenoxy) is 1. The van der Waals surface area contributed by atoms with Crippen LogP contribution in [0.3, 0.4) is 0 Å².